The normalized spacial score (nSPS) is 22.1. The van der Waals surface area contributed by atoms with Crippen LogP contribution in [-0.2, 0) is 16.6 Å². The van der Waals surface area contributed by atoms with E-state index in [4.69, 9.17) is 0 Å². The molecule has 0 bridgehead atoms. The van der Waals surface area contributed by atoms with E-state index in [0.29, 0.717) is 11.8 Å². The first-order chi connectivity index (χ1) is 10.0. The van der Waals surface area contributed by atoms with Crippen LogP contribution in [0.3, 0.4) is 0 Å². The number of fused-ring (bicyclic) bond motifs is 2. The van der Waals surface area contributed by atoms with E-state index in [1.54, 1.807) is 0 Å². The van der Waals surface area contributed by atoms with Crippen molar-refractivity contribution in [3.63, 3.8) is 0 Å². The van der Waals surface area contributed by atoms with Gasteiger partial charge >= 0.3 is 0 Å². The Labute approximate surface area is 127 Å². The number of carbonyl (C=O) groups excluding carboxylic acids is 1. The minimum absolute atomic E-state index is 0.278. The highest BCUT2D eigenvalue weighted by molar-refractivity contribution is 6.00. The lowest BCUT2D eigenvalue weighted by molar-refractivity contribution is -0.121. The summed E-state index contributed by atoms with van der Waals surface area (Å²) in [5.41, 5.74) is 3.54. The predicted molar refractivity (Wildman–Crippen MR) is 86.5 cm³/mol. The van der Waals surface area contributed by atoms with Gasteiger partial charge in [0.25, 0.3) is 0 Å². The molecule has 3 rings (SSSR count). The molecule has 1 aromatic carbocycles. The molecular weight excluding hydrogens is 258 g/mol. The van der Waals surface area contributed by atoms with Gasteiger partial charge in [-0.1, -0.05) is 29.8 Å². The first kappa shape index (κ1) is 14.5. The maximum atomic E-state index is 12.9. The summed E-state index contributed by atoms with van der Waals surface area (Å²) in [6.07, 6.45) is 4.72. The molecule has 2 heteroatoms. The van der Waals surface area contributed by atoms with Crippen LogP contribution in [0.15, 0.2) is 35.9 Å². The molecule has 0 amide bonds. The number of nitrogens with zero attached hydrogens (tertiary/aromatic N) is 1. The number of likely N-dealkylation sites (tertiary alicyclic amines) is 1. The summed E-state index contributed by atoms with van der Waals surface area (Å²) >= 11 is 0. The lowest BCUT2D eigenvalue weighted by Crippen LogP contribution is -2.48. The third kappa shape index (κ3) is 2.46. The van der Waals surface area contributed by atoms with Crippen molar-refractivity contribution in [2.75, 3.05) is 13.1 Å². The molecule has 0 radical (unpaired) electrons. The van der Waals surface area contributed by atoms with Gasteiger partial charge in [0, 0.05) is 6.04 Å². The second-order valence-corrected chi connectivity index (χ2v) is 6.90. The van der Waals surface area contributed by atoms with Crippen LogP contribution in [0, 0.1) is 0 Å². The summed E-state index contributed by atoms with van der Waals surface area (Å²) < 4.78 is 0. The van der Waals surface area contributed by atoms with Gasteiger partial charge < -0.3 is 4.90 Å². The first-order valence-corrected chi connectivity index (χ1v) is 8.07. The fraction of sp³-hybridized carbons (Fsp3) is 0.526. The average molecular weight is 283 g/mol. The van der Waals surface area contributed by atoms with Gasteiger partial charge in [-0.2, -0.15) is 0 Å². The highest BCUT2D eigenvalue weighted by Gasteiger charge is 2.43. The van der Waals surface area contributed by atoms with E-state index in [0.717, 1.165) is 32.4 Å². The Morgan fingerprint density at radius 1 is 1.14 bits per heavy atom. The Morgan fingerprint density at radius 3 is 2.48 bits per heavy atom. The zero-order valence-corrected chi connectivity index (χ0v) is 13.4. The standard InChI is InChI=1S/C19H25NO/c1-14(2)20-10-8-19(9-11-20)17-7-5-4-6-16(17)12-15(3)13-18(19)21/h4-7,13-14H,8-12H2,1-3H3. The Bertz CT molecular complexity index is 577. The maximum absolute atomic E-state index is 12.9. The summed E-state index contributed by atoms with van der Waals surface area (Å²) in [6, 6.07) is 9.13. The van der Waals surface area contributed by atoms with Gasteiger partial charge in [-0.3, -0.25) is 4.79 Å². The molecule has 2 nitrogen and oxygen atoms in total. The first-order valence-electron chi connectivity index (χ1n) is 8.07. The monoisotopic (exact) mass is 283 g/mol. The SMILES string of the molecule is CC1=CC(=O)C2(CCN(C(C)C)CC2)c2ccccc2C1. The summed E-state index contributed by atoms with van der Waals surface area (Å²) in [4.78, 5) is 15.4. The topological polar surface area (TPSA) is 20.3 Å². The largest absolute Gasteiger partial charge is 0.301 e. The molecule has 1 aromatic rings. The van der Waals surface area contributed by atoms with Gasteiger partial charge in [0.1, 0.15) is 0 Å². The van der Waals surface area contributed by atoms with E-state index >= 15 is 0 Å². The van der Waals surface area contributed by atoms with Gasteiger partial charge in [-0.05, 0) is 70.3 Å². The molecule has 21 heavy (non-hydrogen) atoms. The highest BCUT2D eigenvalue weighted by Crippen LogP contribution is 2.41. The quantitative estimate of drug-likeness (QED) is 0.786. The van der Waals surface area contributed by atoms with Crippen molar-refractivity contribution in [2.45, 2.75) is 51.5 Å². The second kappa shape index (κ2) is 5.42. The van der Waals surface area contributed by atoms with Crippen molar-refractivity contribution in [3.05, 3.63) is 47.0 Å². The van der Waals surface area contributed by atoms with Crippen LogP contribution in [0.4, 0.5) is 0 Å². The minimum atomic E-state index is -0.278. The number of piperidine rings is 1. The van der Waals surface area contributed by atoms with Crippen molar-refractivity contribution >= 4 is 5.78 Å². The Balaban J connectivity index is 2.02. The zero-order valence-electron chi connectivity index (χ0n) is 13.4. The van der Waals surface area contributed by atoms with Gasteiger partial charge in [-0.15, -0.1) is 0 Å². The molecule has 1 aliphatic heterocycles. The molecule has 1 heterocycles. The third-order valence-corrected chi connectivity index (χ3v) is 5.23. The lowest BCUT2D eigenvalue weighted by Gasteiger charge is -2.42. The van der Waals surface area contributed by atoms with Crippen molar-refractivity contribution in [1.29, 1.82) is 0 Å². The molecule has 1 saturated heterocycles. The maximum Gasteiger partial charge on any atom is 0.166 e. The number of allylic oxidation sites excluding steroid dienone is 2. The van der Waals surface area contributed by atoms with E-state index in [9.17, 15) is 4.79 Å². The van der Waals surface area contributed by atoms with Gasteiger partial charge in [0.15, 0.2) is 5.78 Å². The van der Waals surface area contributed by atoms with Crippen LogP contribution in [0.1, 0.15) is 44.7 Å². The highest BCUT2D eigenvalue weighted by atomic mass is 16.1. The molecule has 0 N–H and O–H groups in total. The van der Waals surface area contributed by atoms with Crippen LogP contribution in [0.2, 0.25) is 0 Å². The number of carbonyl (C=O) groups is 1. The minimum Gasteiger partial charge on any atom is -0.301 e. The van der Waals surface area contributed by atoms with Crippen LogP contribution in [0.25, 0.3) is 0 Å². The zero-order chi connectivity index (χ0) is 15.0. The molecular formula is C19H25NO. The number of hydrogen-bond donors (Lipinski definition) is 0. The predicted octanol–water partition coefficient (Wildman–Crippen LogP) is 3.50. The fourth-order valence-electron chi connectivity index (χ4n) is 3.93. The van der Waals surface area contributed by atoms with Crippen molar-refractivity contribution in [2.24, 2.45) is 0 Å². The van der Waals surface area contributed by atoms with E-state index in [1.165, 1.54) is 16.7 Å². The molecule has 1 aliphatic carbocycles. The molecule has 0 unspecified atom stereocenters. The summed E-state index contributed by atoms with van der Waals surface area (Å²) in [6.45, 7) is 8.60. The smallest absolute Gasteiger partial charge is 0.166 e. The molecule has 1 spiro atoms. The van der Waals surface area contributed by atoms with Crippen LogP contribution < -0.4 is 0 Å². The summed E-state index contributed by atoms with van der Waals surface area (Å²) in [7, 11) is 0. The van der Waals surface area contributed by atoms with Crippen LogP contribution in [-0.4, -0.2) is 29.8 Å². The summed E-state index contributed by atoms with van der Waals surface area (Å²) in [5.74, 6) is 0.327. The number of hydrogen-bond acceptors (Lipinski definition) is 2. The van der Waals surface area contributed by atoms with Gasteiger partial charge in [-0.25, -0.2) is 0 Å². The third-order valence-electron chi connectivity index (χ3n) is 5.23. The number of rotatable bonds is 1. The summed E-state index contributed by atoms with van der Waals surface area (Å²) in [5, 5.41) is 0. The van der Waals surface area contributed by atoms with Crippen molar-refractivity contribution in [3.8, 4) is 0 Å². The molecule has 1 fully saturated rings. The van der Waals surface area contributed by atoms with Gasteiger partial charge in [0.05, 0.1) is 5.41 Å². The number of ketones is 1. The number of benzene rings is 1. The molecule has 112 valence electrons. The Morgan fingerprint density at radius 2 is 1.81 bits per heavy atom. The van der Waals surface area contributed by atoms with Crippen molar-refractivity contribution in [1.82, 2.24) is 4.90 Å². The second-order valence-electron chi connectivity index (χ2n) is 6.90. The van der Waals surface area contributed by atoms with E-state index < -0.39 is 0 Å². The Hall–Kier alpha value is -1.41. The van der Waals surface area contributed by atoms with Crippen molar-refractivity contribution < 1.29 is 4.79 Å². The lowest BCUT2D eigenvalue weighted by atomic mass is 9.68. The Kier molecular flexibility index (Phi) is 3.75. The molecule has 0 saturated carbocycles. The van der Waals surface area contributed by atoms with E-state index in [2.05, 4.69) is 49.9 Å². The average Bonchev–Trinajstić information content (AvgIpc) is 2.56. The molecule has 0 atom stereocenters. The van der Waals surface area contributed by atoms with Gasteiger partial charge in [0.2, 0.25) is 0 Å². The molecule has 0 aromatic heterocycles. The van der Waals surface area contributed by atoms with Crippen LogP contribution >= 0.6 is 0 Å². The van der Waals surface area contributed by atoms with Crippen LogP contribution in [0.5, 0.6) is 0 Å². The van der Waals surface area contributed by atoms with E-state index in [1.807, 2.05) is 6.08 Å². The molecule has 2 aliphatic rings. The fourth-order valence-corrected chi connectivity index (χ4v) is 3.93. The van der Waals surface area contributed by atoms with E-state index in [-0.39, 0.29) is 5.41 Å².